The third-order valence-corrected chi connectivity index (χ3v) is 3.66. The van der Waals surface area contributed by atoms with E-state index in [1.165, 1.54) is 0 Å². The molecular weight excluding hydrogens is 266 g/mol. The fourth-order valence-electron chi connectivity index (χ4n) is 1.86. The molecule has 0 bridgehead atoms. The van der Waals surface area contributed by atoms with Crippen LogP contribution in [-0.2, 0) is 0 Å². The number of urea groups is 1. The van der Waals surface area contributed by atoms with Crippen molar-refractivity contribution in [3.05, 3.63) is 30.2 Å². The number of fused-ring (bicyclic) bond motifs is 1. The van der Waals surface area contributed by atoms with E-state index in [2.05, 4.69) is 29.5 Å². The van der Waals surface area contributed by atoms with Gasteiger partial charge in [0.1, 0.15) is 5.52 Å². The van der Waals surface area contributed by atoms with Crippen molar-refractivity contribution in [2.24, 2.45) is 5.92 Å². The molecule has 1 aromatic carbocycles. The Balaban J connectivity index is 1.89. The zero-order chi connectivity index (χ0) is 15.4. The molecule has 1 heterocycles. The van der Waals surface area contributed by atoms with Gasteiger partial charge in [-0.15, -0.1) is 0 Å². The van der Waals surface area contributed by atoms with Gasteiger partial charge < -0.3 is 15.1 Å². The number of hydrogen-bond donors (Lipinski definition) is 2. The predicted molar refractivity (Wildman–Crippen MR) is 83.3 cm³/mol. The lowest BCUT2D eigenvalue weighted by molar-refractivity contribution is 0.233. The van der Waals surface area contributed by atoms with Gasteiger partial charge in [0, 0.05) is 12.6 Å². The molecule has 1 aromatic heterocycles. The number of carbonyl (C=O) groups is 1. The molecule has 0 radical (unpaired) electrons. The van der Waals surface area contributed by atoms with Crippen molar-refractivity contribution in [3.63, 3.8) is 0 Å². The molecule has 2 N–H and O–H groups in total. The highest BCUT2D eigenvalue weighted by molar-refractivity contribution is 5.74. The van der Waals surface area contributed by atoms with Crippen LogP contribution < -0.4 is 10.6 Å². The van der Waals surface area contributed by atoms with Crippen molar-refractivity contribution in [1.29, 1.82) is 0 Å². The number of aromatic nitrogens is 1. The van der Waals surface area contributed by atoms with Crippen LogP contribution >= 0.6 is 0 Å². The summed E-state index contributed by atoms with van der Waals surface area (Å²) in [6, 6.07) is 7.64. The first-order chi connectivity index (χ1) is 9.97. The number of para-hydroxylation sites is 2. The summed E-state index contributed by atoms with van der Waals surface area (Å²) >= 11 is 0. The minimum atomic E-state index is -0.154. The van der Waals surface area contributed by atoms with Gasteiger partial charge in [0.05, 0.1) is 5.92 Å². The number of benzene rings is 1. The molecule has 5 heteroatoms. The lowest BCUT2D eigenvalue weighted by Crippen LogP contribution is -2.43. The van der Waals surface area contributed by atoms with E-state index in [0.29, 0.717) is 18.4 Å². The first kappa shape index (κ1) is 15.4. The van der Waals surface area contributed by atoms with E-state index in [9.17, 15) is 4.79 Å². The molecule has 2 amide bonds. The molecule has 21 heavy (non-hydrogen) atoms. The number of carbonyl (C=O) groups excluding carboxylic acids is 1. The highest BCUT2D eigenvalue weighted by Gasteiger charge is 2.15. The minimum Gasteiger partial charge on any atom is -0.440 e. The second kappa shape index (κ2) is 6.61. The molecule has 0 aliphatic rings. The standard InChI is InChI=1S/C16H23N3O2/c1-10(2)12(4)18-16(20)17-9-11(3)15-19-13-7-5-6-8-14(13)21-15/h5-8,10-12H,9H2,1-4H3,(H2,17,18,20)/t11-,12+/m0/s1. The summed E-state index contributed by atoms with van der Waals surface area (Å²) in [6.07, 6.45) is 0. The number of hydrogen-bond acceptors (Lipinski definition) is 3. The SMILES string of the molecule is CC(C)[C@@H](C)NC(=O)NC[C@H](C)c1nc2ccccc2o1. The number of oxazole rings is 1. The zero-order valence-electron chi connectivity index (χ0n) is 13.0. The minimum absolute atomic E-state index is 0.0255. The summed E-state index contributed by atoms with van der Waals surface area (Å²) in [5.74, 6) is 1.08. The van der Waals surface area contributed by atoms with Crippen molar-refractivity contribution in [2.75, 3.05) is 6.54 Å². The number of rotatable bonds is 5. The Morgan fingerprint density at radius 1 is 1.24 bits per heavy atom. The highest BCUT2D eigenvalue weighted by atomic mass is 16.3. The van der Waals surface area contributed by atoms with Crippen LogP contribution in [0.2, 0.25) is 0 Å². The molecule has 0 saturated carbocycles. The van der Waals surface area contributed by atoms with Crippen molar-refractivity contribution in [2.45, 2.75) is 39.7 Å². The number of nitrogens with one attached hydrogen (secondary N) is 2. The third kappa shape index (κ3) is 3.97. The largest absolute Gasteiger partial charge is 0.440 e. The maximum atomic E-state index is 11.8. The Labute approximate surface area is 125 Å². The van der Waals surface area contributed by atoms with Crippen LogP contribution in [0.15, 0.2) is 28.7 Å². The fourth-order valence-corrected chi connectivity index (χ4v) is 1.86. The van der Waals surface area contributed by atoms with Crippen LogP contribution in [0.25, 0.3) is 11.1 Å². The monoisotopic (exact) mass is 289 g/mol. The average molecular weight is 289 g/mol. The van der Waals surface area contributed by atoms with E-state index in [0.717, 1.165) is 11.1 Å². The Kier molecular flexibility index (Phi) is 4.83. The van der Waals surface area contributed by atoms with Gasteiger partial charge in [-0.05, 0) is 25.0 Å². The van der Waals surface area contributed by atoms with Crippen LogP contribution in [0.3, 0.4) is 0 Å². The lowest BCUT2D eigenvalue weighted by Gasteiger charge is -2.18. The van der Waals surface area contributed by atoms with Gasteiger partial charge >= 0.3 is 6.03 Å². The number of nitrogens with zero attached hydrogens (tertiary/aromatic N) is 1. The van der Waals surface area contributed by atoms with Gasteiger partial charge in [0.25, 0.3) is 0 Å². The Morgan fingerprint density at radius 2 is 1.95 bits per heavy atom. The van der Waals surface area contributed by atoms with Gasteiger partial charge in [0.2, 0.25) is 0 Å². The summed E-state index contributed by atoms with van der Waals surface area (Å²) in [5.41, 5.74) is 1.62. The smallest absolute Gasteiger partial charge is 0.315 e. The van der Waals surface area contributed by atoms with Gasteiger partial charge in [-0.3, -0.25) is 0 Å². The molecule has 0 fully saturated rings. The lowest BCUT2D eigenvalue weighted by atomic mass is 10.1. The van der Waals surface area contributed by atoms with E-state index in [4.69, 9.17) is 4.42 Å². The molecule has 0 spiro atoms. The second-order valence-electron chi connectivity index (χ2n) is 5.81. The van der Waals surface area contributed by atoms with Crippen molar-refractivity contribution < 1.29 is 9.21 Å². The predicted octanol–water partition coefficient (Wildman–Crippen LogP) is 3.28. The topological polar surface area (TPSA) is 67.2 Å². The number of amides is 2. The third-order valence-electron chi connectivity index (χ3n) is 3.66. The van der Waals surface area contributed by atoms with Crippen molar-refractivity contribution >= 4 is 17.1 Å². The maximum Gasteiger partial charge on any atom is 0.315 e. The molecular formula is C16H23N3O2. The first-order valence-electron chi connectivity index (χ1n) is 7.37. The van der Waals surface area contributed by atoms with Gasteiger partial charge in [-0.25, -0.2) is 9.78 Å². The maximum absolute atomic E-state index is 11.8. The normalized spacial score (nSPS) is 14.1. The molecule has 114 valence electrons. The Morgan fingerprint density at radius 3 is 2.62 bits per heavy atom. The van der Waals surface area contributed by atoms with Gasteiger partial charge in [-0.2, -0.15) is 0 Å². The molecule has 2 atom stereocenters. The Bertz CT molecular complexity index is 573. The molecule has 0 aliphatic carbocycles. The Hall–Kier alpha value is -2.04. The van der Waals surface area contributed by atoms with E-state index in [-0.39, 0.29) is 18.0 Å². The van der Waals surface area contributed by atoms with Gasteiger partial charge in [-0.1, -0.05) is 32.9 Å². The second-order valence-corrected chi connectivity index (χ2v) is 5.81. The van der Waals surface area contributed by atoms with Crippen LogP contribution in [0.4, 0.5) is 4.79 Å². The van der Waals surface area contributed by atoms with Crippen LogP contribution in [-0.4, -0.2) is 23.6 Å². The van der Waals surface area contributed by atoms with Crippen LogP contribution in [0.5, 0.6) is 0 Å². The summed E-state index contributed by atoms with van der Waals surface area (Å²) in [5, 5.41) is 5.77. The molecule has 5 nitrogen and oxygen atoms in total. The molecule has 2 rings (SSSR count). The van der Waals surface area contributed by atoms with E-state index >= 15 is 0 Å². The van der Waals surface area contributed by atoms with E-state index in [1.807, 2.05) is 38.1 Å². The summed E-state index contributed by atoms with van der Waals surface area (Å²) in [6.45, 7) is 8.62. The van der Waals surface area contributed by atoms with Crippen LogP contribution in [0, 0.1) is 5.92 Å². The van der Waals surface area contributed by atoms with Crippen molar-refractivity contribution in [3.8, 4) is 0 Å². The highest BCUT2D eigenvalue weighted by Crippen LogP contribution is 2.20. The first-order valence-corrected chi connectivity index (χ1v) is 7.37. The average Bonchev–Trinajstić information content (AvgIpc) is 2.88. The molecule has 0 saturated heterocycles. The molecule has 0 unspecified atom stereocenters. The summed E-state index contributed by atoms with van der Waals surface area (Å²) < 4.78 is 5.70. The van der Waals surface area contributed by atoms with Crippen molar-refractivity contribution in [1.82, 2.24) is 15.6 Å². The summed E-state index contributed by atoms with van der Waals surface area (Å²) in [4.78, 5) is 16.2. The fraction of sp³-hybridized carbons (Fsp3) is 0.500. The molecule has 2 aromatic rings. The van der Waals surface area contributed by atoms with Crippen LogP contribution in [0.1, 0.15) is 39.5 Å². The zero-order valence-corrected chi connectivity index (χ0v) is 13.0. The quantitative estimate of drug-likeness (QED) is 0.887. The van der Waals surface area contributed by atoms with E-state index in [1.54, 1.807) is 0 Å². The van der Waals surface area contributed by atoms with Gasteiger partial charge in [0.15, 0.2) is 11.5 Å². The molecule has 0 aliphatic heterocycles. The van der Waals surface area contributed by atoms with E-state index < -0.39 is 0 Å². The summed E-state index contributed by atoms with van der Waals surface area (Å²) in [7, 11) is 0.